The van der Waals surface area contributed by atoms with E-state index in [2.05, 4.69) is 10.2 Å². The highest BCUT2D eigenvalue weighted by Crippen LogP contribution is 2.27. The quantitative estimate of drug-likeness (QED) is 0.759. The maximum absolute atomic E-state index is 12.2. The fraction of sp³-hybridized carbons (Fsp3) is 0.600. The Hall–Kier alpha value is -2.12. The number of carbonyl (C=O) groups excluding carboxylic acids is 2. The maximum Gasteiger partial charge on any atom is 0.338 e. The van der Waals surface area contributed by atoms with E-state index in [4.69, 9.17) is 14.2 Å². The summed E-state index contributed by atoms with van der Waals surface area (Å²) < 4.78 is 15.7. The van der Waals surface area contributed by atoms with E-state index in [9.17, 15) is 9.59 Å². The molecule has 1 aromatic rings. The van der Waals surface area contributed by atoms with E-state index in [1.807, 2.05) is 33.8 Å². The van der Waals surface area contributed by atoms with Crippen molar-refractivity contribution in [3.63, 3.8) is 0 Å². The van der Waals surface area contributed by atoms with Crippen molar-refractivity contribution in [1.82, 2.24) is 5.32 Å². The van der Waals surface area contributed by atoms with Gasteiger partial charge in [0, 0.05) is 31.9 Å². The van der Waals surface area contributed by atoms with Crippen LogP contribution in [0.25, 0.3) is 0 Å². The van der Waals surface area contributed by atoms with Crippen molar-refractivity contribution in [3.05, 3.63) is 28.8 Å². The molecule has 1 heterocycles. The van der Waals surface area contributed by atoms with Gasteiger partial charge in [0.15, 0.2) is 0 Å². The van der Waals surface area contributed by atoms with Crippen molar-refractivity contribution in [2.45, 2.75) is 39.9 Å². The number of esters is 2. The Morgan fingerprint density at radius 1 is 1.19 bits per heavy atom. The molecule has 1 aliphatic heterocycles. The van der Waals surface area contributed by atoms with E-state index in [1.54, 1.807) is 6.07 Å². The Labute approximate surface area is 161 Å². The maximum atomic E-state index is 12.2. The summed E-state index contributed by atoms with van der Waals surface area (Å²) in [6.07, 6.45) is 0. The summed E-state index contributed by atoms with van der Waals surface area (Å²) in [5.74, 6) is -0.789. The number of piperazine rings is 1. The smallest absolute Gasteiger partial charge is 0.338 e. The first-order valence-corrected chi connectivity index (χ1v) is 9.18. The number of nitrogens with one attached hydrogen (secondary N) is 1. The van der Waals surface area contributed by atoms with E-state index in [1.165, 1.54) is 7.11 Å². The van der Waals surface area contributed by atoms with E-state index >= 15 is 0 Å². The SMILES string of the molecule is COC(=O)c1cc(COCC(=O)OC(C)(C)C)cc(N2CCNCC2)c1C. The van der Waals surface area contributed by atoms with Gasteiger partial charge in [-0.1, -0.05) is 0 Å². The number of nitrogens with zero attached hydrogens (tertiary/aromatic N) is 1. The van der Waals surface area contributed by atoms with Gasteiger partial charge in [-0.15, -0.1) is 0 Å². The molecular formula is C20H30N2O5. The summed E-state index contributed by atoms with van der Waals surface area (Å²) in [5, 5.41) is 3.32. The monoisotopic (exact) mass is 378 g/mol. The summed E-state index contributed by atoms with van der Waals surface area (Å²) in [5.41, 5.74) is 2.68. The van der Waals surface area contributed by atoms with Gasteiger partial charge in [0.1, 0.15) is 12.2 Å². The van der Waals surface area contributed by atoms with Crippen LogP contribution < -0.4 is 10.2 Å². The highest BCUT2D eigenvalue weighted by molar-refractivity contribution is 5.93. The Morgan fingerprint density at radius 2 is 1.85 bits per heavy atom. The van der Waals surface area contributed by atoms with Crippen LogP contribution >= 0.6 is 0 Å². The minimum atomic E-state index is -0.544. The molecule has 1 aliphatic rings. The van der Waals surface area contributed by atoms with Crippen molar-refractivity contribution in [3.8, 4) is 0 Å². The van der Waals surface area contributed by atoms with Gasteiger partial charge in [-0.25, -0.2) is 9.59 Å². The van der Waals surface area contributed by atoms with Crippen LogP contribution in [0.2, 0.25) is 0 Å². The van der Waals surface area contributed by atoms with E-state index in [0.29, 0.717) is 5.56 Å². The fourth-order valence-corrected chi connectivity index (χ4v) is 3.02. The van der Waals surface area contributed by atoms with Crippen LogP contribution in [0.15, 0.2) is 12.1 Å². The van der Waals surface area contributed by atoms with Gasteiger partial charge in [0.2, 0.25) is 0 Å². The van der Waals surface area contributed by atoms with Crippen LogP contribution in [-0.4, -0.2) is 57.4 Å². The zero-order chi connectivity index (χ0) is 20.0. The number of methoxy groups -OCH3 is 1. The van der Waals surface area contributed by atoms with Gasteiger partial charge in [-0.05, 0) is 51.0 Å². The van der Waals surface area contributed by atoms with E-state index in [-0.39, 0.29) is 19.2 Å². The van der Waals surface area contributed by atoms with Gasteiger partial charge in [-0.3, -0.25) is 0 Å². The molecule has 1 fully saturated rings. The van der Waals surface area contributed by atoms with Crippen molar-refractivity contribution in [1.29, 1.82) is 0 Å². The molecule has 7 nitrogen and oxygen atoms in total. The molecule has 1 aromatic carbocycles. The molecule has 1 N–H and O–H groups in total. The van der Waals surface area contributed by atoms with Crippen molar-refractivity contribution in [2.75, 3.05) is 44.8 Å². The number of ether oxygens (including phenoxy) is 3. The van der Waals surface area contributed by atoms with E-state index in [0.717, 1.165) is 43.0 Å². The molecule has 1 saturated heterocycles. The lowest BCUT2D eigenvalue weighted by atomic mass is 10.0. The summed E-state index contributed by atoms with van der Waals surface area (Å²) in [6, 6.07) is 3.78. The lowest BCUT2D eigenvalue weighted by Gasteiger charge is -2.31. The lowest BCUT2D eigenvalue weighted by molar-refractivity contribution is -0.160. The molecule has 2 rings (SSSR count). The predicted octanol–water partition coefficient (Wildman–Crippen LogP) is 2.05. The molecule has 0 aromatic heterocycles. The van der Waals surface area contributed by atoms with Gasteiger partial charge in [0.25, 0.3) is 0 Å². The number of carbonyl (C=O) groups is 2. The molecule has 0 amide bonds. The Balaban J connectivity index is 2.15. The Morgan fingerprint density at radius 3 is 2.44 bits per heavy atom. The molecule has 150 valence electrons. The van der Waals surface area contributed by atoms with Crippen molar-refractivity contribution in [2.24, 2.45) is 0 Å². The molecule has 0 bridgehead atoms. The second-order valence-corrected chi connectivity index (χ2v) is 7.60. The van der Waals surface area contributed by atoms with Crippen LogP contribution in [0.3, 0.4) is 0 Å². The zero-order valence-corrected chi connectivity index (χ0v) is 16.9. The normalized spacial score (nSPS) is 14.8. The average Bonchev–Trinajstić information content (AvgIpc) is 2.61. The molecule has 0 radical (unpaired) electrons. The first-order valence-electron chi connectivity index (χ1n) is 9.18. The standard InChI is InChI=1S/C20H30N2O5/c1-14-16(19(24)25-5)10-15(11-17(14)22-8-6-21-7-9-22)12-26-13-18(23)27-20(2,3)4/h10-11,21H,6-9,12-13H2,1-5H3. The van der Waals surface area contributed by atoms with Crippen molar-refractivity contribution >= 4 is 17.6 Å². The molecule has 0 saturated carbocycles. The molecular weight excluding hydrogens is 348 g/mol. The lowest BCUT2D eigenvalue weighted by Crippen LogP contribution is -2.44. The largest absolute Gasteiger partial charge is 0.465 e. The minimum Gasteiger partial charge on any atom is -0.465 e. The molecule has 0 spiro atoms. The van der Waals surface area contributed by atoms with E-state index < -0.39 is 11.6 Å². The predicted molar refractivity (Wildman–Crippen MR) is 103 cm³/mol. The van der Waals surface area contributed by atoms with Gasteiger partial charge < -0.3 is 24.4 Å². The zero-order valence-electron chi connectivity index (χ0n) is 16.9. The van der Waals surface area contributed by atoms with Crippen molar-refractivity contribution < 1.29 is 23.8 Å². The molecule has 0 atom stereocenters. The van der Waals surface area contributed by atoms with Gasteiger partial charge >= 0.3 is 11.9 Å². The van der Waals surface area contributed by atoms with Crippen LogP contribution in [0.1, 0.15) is 42.3 Å². The minimum absolute atomic E-state index is 0.137. The highest BCUT2D eigenvalue weighted by atomic mass is 16.6. The number of benzene rings is 1. The first kappa shape index (κ1) is 21.2. The molecule has 27 heavy (non-hydrogen) atoms. The second kappa shape index (κ2) is 9.19. The first-order chi connectivity index (χ1) is 12.7. The number of rotatable bonds is 6. The van der Waals surface area contributed by atoms with Crippen LogP contribution in [0, 0.1) is 6.92 Å². The third-order valence-corrected chi connectivity index (χ3v) is 4.21. The Kier molecular flexibility index (Phi) is 7.21. The molecule has 7 heteroatoms. The number of hydrogen-bond donors (Lipinski definition) is 1. The average molecular weight is 378 g/mol. The summed E-state index contributed by atoms with van der Waals surface area (Å²) in [6.45, 7) is 11.0. The molecule has 0 unspecified atom stereocenters. The second-order valence-electron chi connectivity index (χ2n) is 7.60. The number of anilines is 1. The van der Waals surface area contributed by atoms with Crippen LogP contribution in [-0.2, 0) is 25.6 Å². The third kappa shape index (κ3) is 6.22. The Bertz CT molecular complexity index is 676. The summed E-state index contributed by atoms with van der Waals surface area (Å²) in [7, 11) is 1.37. The topological polar surface area (TPSA) is 77.1 Å². The fourth-order valence-electron chi connectivity index (χ4n) is 3.02. The van der Waals surface area contributed by atoms with Gasteiger partial charge in [-0.2, -0.15) is 0 Å². The highest BCUT2D eigenvalue weighted by Gasteiger charge is 2.20. The van der Waals surface area contributed by atoms with Gasteiger partial charge in [0.05, 0.1) is 19.3 Å². The third-order valence-electron chi connectivity index (χ3n) is 4.21. The molecule has 0 aliphatic carbocycles. The van der Waals surface area contributed by atoms with Crippen LogP contribution in [0.5, 0.6) is 0 Å². The summed E-state index contributed by atoms with van der Waals surface area (Å²) >= 11 is 0. The summed E-state index contributed by atoms with van der Waals surface area (Å²) in [4.78, 5) is 26.2. The number of hydrogen-bond acceptors (Lipinski definition) is 7. The van der Waals surface area contributed by atoms with Crippen LogP contribution in [0.4, 0.5) is 5.69 Å².